The fourth-order valence-corrected chi connectivity index (χ4v) is 6.66. The number of fused-ring (bicyclic) bond motifs is 1. The quantitative estimate of drug-likeness (QED) is 0.340. The molecule has 3 fully saturated rings. The minimum Gasteiger partial charge on any atom is -0.460 e. The smallest absolute Gasteiger partial charge is 0.261 e. The Kier molecular flexibility index (Phi) is 7.24. The first-order valence-corrected chi connectivity index (χ1v) is 15.6. The van der Waals surface area contributed by atoms with Gasteiger partial charge in [-0.1, -0.05) is 0 Å². The number of hydrogen-bond acceptors (Lipinski definition) is 8. The van der Waals surface area contributed by atoms with E-state index in [9.17, 15) is 22.0 Å². The van der Waals surface area contributed by atoms with Gasteiger partial charge in [0.15, 0.2) is 11.4 Å². The van der Waals surface area contributed by atoms with Gasteiger partial charge >= 0.3 is 0 Å². The number of halogens is 3. The number of nitrogens with one attached hydrogen (secondary N) is 2. The molecule has 2 aliphatic heterocycles. The van der Waals surface area contributed by atoms with Gasteiger partial charge in [-0.15, -0.1) is 0 Å². The number of piperidine rings is 2. The monoisotopic (exact) mass is 607 g/mol. The molecule has 0 atom stereocenters. The van der Waals surface area contributed by atoms with Crippen molar-refractivity contribution in [2.45, 2.75) is 44.4 Å². The predicted molar refractivity (Wildman–Crippen MR) is 152 cm³/mol. The Morgan fingerprint density at radius 1 is 1.02 bits per heavy atom. The van der Waals surface area contributed by atoms with E-state index in [2.05, 4.69) is 15.0 Å². The van der Waals surface area contributed by atoms with Crippen LogP contribution in [0.15, 0.2) is 34.9 Å². The van der Waals surface area contributed by atoms with Crippen LogP contribution in [0.5, 0.6) is 0 Å². The number of aliphatic hydroxyl groups excluding tert-OH is 1. The molecule has 10 nitrogen and oxygen atoms in total. The Labute approximate surface area is 240 Å². The molecule has 2 saturated heterocycles. The van der Waals surface area contributed by atoms with E-state index < -0.39 is 40.0 Å². The maximum Gasteiger partial charge on any atom is 0.261 e. The van der Waals surface area contributed by atoms with Gasteiger partial charge in [0.2, 0.25) is 10.0 Å². The molecule has 6 rings (SSSR count). The van der Waals surface area contributed by atoms with E-state index in [4.69, 9.17) is 9.52 Å². The maximum absolute atomic E-state index is 15.7. The molecule has 1 spiro atoms. The zero-order chi connectivity index (χ0) is 29.7. The molecular weight excluding hydrogens is 575 g/mol. The minimum atomic E-state index is -3.93. The van der Waals surface area contributed by atoms with E-state index in [0.717, 1.165) is 31.7 Å². The molecule has 226 valence electrons. The van der Waals surface area contributed by atoms with Gasteiger partial charge in [-0.05, 0) is 55.4 Å². The molecule has 4 heterocycles. The lowest BCUT2D eigenvalue weighted by molar-refractivity contribution is -0.0221. The highest BCUT2D eigenvalue weighted by molar-refractivity contribution is 7.92. The highest BCUT2D eigenvalue weighted by atomic mass is 32.2. The average Bonchev–Trinajstić information content (AvgIpc) is 3.49. The van der Waals surface area contributed by atoms with E-state index in [0.29, 0.717) is 35.3 Å². The van der Waals surface area contributed by atoms with Crippen molar-refractivity contribution in [2.75, 3.05) is 58.4 Å². The molecule has 2 aromatic heterocycles. The second kappa shape index (κ2) is 10.6. The molecule has 3 aromatic rings. The minimum absolute atomic E-state index is 0.0517. The topological polar surface area (TPSA) is 128 Å². The summed E-state index contributed by atoms with van der Waals surface area (Å²) in [6.45, 7) is 0.659. The molecule has 3 N–H and O–H groups in total. The summed E-state index contributed by atoms with van der Waals surface area (Å²) in [7, 11) is -3.93. The van der Waals surface area contributed by atoms with E-state index in [1.807, 2.05) is 4.90 Å². The van der Waals surface area contributed by atoms with Crippen LogP contribution in [0, 0.1) is 11.2 Å². The molecule has 0 unspecified atom stereocenters. The summed E-state index contributed by atoms with van der Waals surface area (Å²) in [6.07, 6.45) is 4.81. The molecule has 1 amide bonds. The van der Waals surface area contributed by atoms with Gasteiger partial charge in [0, 0.05) is 44.4 Å². The summed E-state index contributed by atoms with van der Waals surface area (Å²) in [4.78, 5) is 21.7. The lowest BCUT2D eigenvalue weighted by Crippen LogP contribution is -2.39. The summed E-state index contributed by atoms with van der Waals surface area (Å²) in [5.41, 5.74) is 0.622. The summed E-state index contributed by atoms with van der Waals surface area (Å²) in [6, 6.07) is 5.59. The van der Waals surface area contributed by atoms with Crippen LogP contribution in [-0.4, -0.2) is 68.9 Å². The molecule has 0 radical (unpaired) electrons. The van der Waals surface area contributed by atoms with Gasteiger partial charge in [-0.3, -0.25) is 9.52 Å². The molecule has 3 aliphatic rings. The maximum atomic E-state index is 15.7. The van der Waals surface area contributed by atoms with Gasteiger partial charge in [0.1, 0.15) is 11.6 Å². The van der Waals surface area contributed by atoms with Crippen molar-refractivity contribution in [2.24, 2.45) is 5.41 Å². The number of nitrogens with zero attached hydrogens (tertiary/aromatic N) is 3. The average molecular weight is 608 g/mol. The van der Waals surface area contributed by atoms with Crippen LogP contribution in [0.3, 0.4) is 0 Å². The first kappa shape index (κ1) is 28.6. The number of anilines is 4. The number of pyridine rings is 1. The number of amides is 1. The van der Waals surface area contributed by atoms with Gasteiger partial charge in [0.05, 0.1) is 35.6 Å². The lowest BCUT2D eigenvalue weighted by atomic mass is 9.93. The predicted octanol–water partition coefficient (Wildman–Crippen LogP) is 4.57. The number of rotatable bonds is 8. The van der Waals surface area contributed by atoms with Crippen LogP contribution in [0.25, 0.3) is 11.0 Å². The van der Waals surface area contributed by atoms with Crippen LogP contribution in [-0.2, 0) is 10.0 Å². The highest BCUT2D eigenvalue weighted by Crippen LogP contribution is 2.54. The van der Waals surface area contributed by atoms with Crippen LogP contribution in [0.4, 0.5) is 36.2 Å². The number of sulfonamides is 1. The van der Waals surface area contributed by atoms with Crippen molar-refractivity contribution in [1.29, 1.82) is 0 Å². The largest absolute Gasteiger partial charge is 0.460 e. The number of carbonyl (C=O) groups excluding carboxylic acids is 1. The zero-order valence-corrected chi connectivity index (χ0v) is 23.7. The Balaban J connectivity index is 1.32. The Morgan fingerprint density at radius 3 is 2.38 bits per heavy atom. The van der Waals surface area contributed by atoms with Crippen molar-refractivity contribution in [3.8, 4) is 0 Å². The molecule has 0 bridgehead atoms. The molecule has 42 heavy (non-hydrogen) atoms. The lowest BCUT2D eigenvalue weighted by Gasteiger charge is -2.35. The Morgan fingerprint density at radius 2 is 1.71 bits per heavy atom. The van der Waals surface area contributed by atoms with Crippen molar-refractivity contribution < 1.29 is 35.9 Å². The van der Waals surface area contributed by atoms with Crippen LogP contribution >= 0.6 is 0 Å². The summed E-state index contributed by atoms with van der Waals surface area (Å²) in [5.74, 6) is -4.63. The van der Waals surface area contributed by atoms with Gasteiger partial charge in [0.25, 0.3) is 11.8 Å². The summed E-state index contributed by atoms with van der Waals surface area (Å²) < 4.78 is 75.7. The number of benzene rings is 1. The zero-order valence-electron chi connectivity index (χ0n) is 22.8. The van der Waals surface area contributed by atoms with Crippen LogP contribution in [0.1, 0.15) is 48.9 Å². The second-order valence-electron chi connectivity index (χ2n) is 11.5. The van der Waals surface area contributed by atoms with Crippen LogP contribution < -0.4 is 19.8 Å². The SMILES string of the molecule is O=C(Nc1cc2ccoc2c(N2CCC(F)(F)CC2)n1)c1c(F)cc(NS(=O)(=O)CCO)cc1N1CCC2(CC1)CC2. The number of aromatic nitrogens is 1. The molecule has 1 aliphatic carbocycles. The summed E-state index contributed by atoms with van der Waals surface area (Å²) in [5, 5.41) is 12.3. The number of alkyl halides is 2. The third-order valence-corrected chi connectivity index (χ3v) is 9.77. The van der Waals surface area contributed by atoms with Gasteiger partial charge in [-0.2, -0.15) is 0 Å². The normalized spacial score (nSPS) is 19.7. The van der Waals surface area contributed by atoms with Crippen molar-refractivity contribution in [3.05, 3.63) is 41.9 Å². The second-order valence-corrected chi connectivity index (χ2v) is 13.3. The van der Waals surface area contributed by atoms with Crippen LogP contribution in [0.2, 0.25) is 0 Å². The standard InChI is InChI=1S/C28H32F3N5O5S/c29-20-16-19(34-42(39,40)14-12-37)17-21(35-8-4-27(2-3-27)5-9-35)23(20)26(38)33-22-15-18-1-13-41-24(18)25(32-22)36-10-6-28(30,31)7-11-36/h1,13,15-17,34,37H,2-12,14H2,(H,32,33,38). The Hall–Kier alpha value is -3.52. The number of furan rings is 1. The molecule has 1 saturated carbocycles. The van der Waals surface area contributed by atoms with E-state index in [-0.39, 0.29) is 48.7 Å². The van der Waals surface area contributed by atoms with Crippen molar-refractivity contribution >= 4 is 49.9 Å². The number of hydrogen-bond donors (Lipinski definition) is 3. The third kappa shape index (κ3) is 5.87. The first-order valence-electron chi connectivity index (χ1n) is 14.0. The first-order chi connectivity index (χ1) is 20.0. The number of carbonyl (C=O) groups is 1. The van der Waals surface area contributed by atoms with E-state index in [1.54, 1.807) is 17.0 Å². The highest BCUT2D eigenvalue weighted by Gasteiger charge is 2.45. The number of aliphatic hydroxyl groups is 1. The van der Waals surface area contributed by atoms with Gasteiger partial charge < -0.3 is 24.6 Å². The van der Waals surface area contributed by atoms with E-state index in [1.165, 1.54) is 12.3 Å². The van der Waals surface area contributed by atoms with Crippen molar-refractivity contribution in [3.63, 3.8) is 0 Å². The molecule has 1 aromatic carbocycles. The summed E-state index contributed by atoms with van der Waals surface area (Å²) >= 11 is 0. The molecule has 14 heteroatoms. The third-order valence-electron chi connectivity index (χ3n) is 8.51. The fraction of sp³-hybridized carbons (Fsp3) is 0.500. The molecular formula is C28H32F3N5O5S. The van der Waals surface area contributed by atoms with E-state index >= 15 is 4.39 Å². The Bertz CT molecular complexity index is 1610. The fourth-order valence-electron chi connectivity index (χ4n) is 5.84. The van der Waals surface area contributed by atoms with Gasteiger partial charge in [-0.25, -0.2) is 26.6 Å². The van der Waals surface area contributed by atoms with Crippen molar-refractivity contribution in [1.82, 2.24) is 4.98 Å².